The van der Waals surface area contributed by atoms with E-state index >= 15 is 0 Å². The molecular formula is C16H26N2O. The molecule has 0 amide bonds. The Morgan fingerprint density at radius 1 is 1.32 bits per heavy atom. The SMILES string of the molecule is COc1c(C)cc(CCNC2CCNC2)c(C)c1C. The lowest BCUT2D eigenvalue weighted by atomic mass is 9.96. The fourth-order valence-electron chi connectivity index (χ4n) is 2.96. The zero-order valence-corrected chi connectivity index (χ0v) is 12.6. The Morgan fingerprint density at radius 2 is 2.11 bits per heavy atom. The second-order valence-corrected chi connectivity index (χ2v) is 5.53. The van der Waals surface area contributed by atoms with Crippen LogP contribution in [0.15, 0.2) is 6.07 Å². The lowest BCUT2D eigenvalue weighted by Gasteiger charge is -2.17. The molecule has 0 saturated carbocycles. The average molecular weight is 262 g/mol. The zero-order chi connectivity index (χ0) is 13.8. The van der Waals surface area contributed by atoms with Crippen molar-refractivity contribution in [1.29, 1.82) is 0 Å². The van der Waals surface area contributed by atoms with Crippen LogP contribution in [0, 0.1) is 20.8 Å². The van der Waals surface area contributed by atoms with Crippen molar-refractivity contribution in [2.75, 3.05) is 26.7 Å². The Bertz CT molecular complexity index is 437. The van der Waals surface area contributed by atoms with Crippen LogP contribution in [0.1, 0.15) is 28.7 Å². The molecule has 1 aromatic carbocycles. The highest BCUT2D eigenvalue weighted by Gasteiger charge is 2.14. The molecule has 3 nitrogen and oxygen atoms in total. The molecule has 1 fully saturated rings. The quantitative estimate of drug-likeness (QED) is 0.853. The Morgan fingerprint density at radius 3 is 2.74 bits per heavy atom. The number of methoxy groups -OCH3 is 1. The van der Waals surface area contributed by atoms with Gasteiger partial charge in [-0.2, -0.15) is 0 Å². The maximum atomic E-state index is 5.47. The van der Waals surface area contributed by atoms with Crippen molar-refractivity contribution in [3.63, 3.8) is 0 Å². The molecule has 1 atom stereocenters. The topological polar surface area (TPSA) is 33.3 Å². The minimum atomic E-state index is 0.653. The molecule has 1 saturated heterocycles. The molecule has 0 aromatic heterocycles. The van der Waals surface area contributed by atoms with Gasteiger partial charge in [0, 0.05) is 12.6 Å². The second-order valence-electron chi connectivity index (χ2n) is 5.53. The maximum absolute atomic E-state index is 5.47. The summed E-state index contributed by atoms with van der Waals surface area (Å²) in [6, 6.07) is 2.93. The van der Waals surface area contributed by atoms with Crippen LogP contribution >= 0.6 is 0 Å². The molecule has 1 unspecified atom stereocenters. The molecule has 1 aliphatic heterocycles. The first-order valence-electron chi connectivity index (χ1n) is 7.21. The lowest BCUT2D eigenvalue weighted by Crippen LogP contribution is -2.32. The summed E-state index contributed by atoms with van der Waals surface area (Å²) in [5.74, 6) is 1.04. The van der Waals surface area contributed by atoms with E-state index in [4.69, 9.17) is 4.74 Å². The van der Waals surface area contributed by atoms with E-state index in [1.165, 1.54) is 28.7 Å². The van der Waals surface area contributed by atoms with Crippen molar-refractivity contribution in [1.82, 2.24) is 10.6 Å². The number of aryl methyl sites for hydroxylation is 1. The van der Waals surface area contributed by atoms with Gasteiger partial charge in [-0.15, -0.1) is 0 Å². The Kier molecular flexibility index (Phi) is 4.83. The minimum Gasteiger partial charge on any atom is -0.496 e. The van der Waals surface area contributed by atoms with E-state index in [-0.39, 0.29) is 0 Å². The van der Waals surface area contributed by atoms with Gasteiger partial charge in [0.2, 0.25) is 0 Å². The third-order valence-corrected chi connectivity index (χ3v) is 4.23. The van der Waals surface area contributed by atoms with Crippen LogP contribution in [0.4, 0.5) is 0 Å². The molecule has 1 heterocycles. The molecular weight excluding hydrogens is 236 g/mol. The first kappa shape index (κ1) is 14.4. The number of ether oxygens (including phenoxy) is 1. The molecule has 0 radical (unpaired) electrons. The summed E-state index contributed by atoms with van der Waals surface area (Å²) >= 11 is 0. The molecule has 0 aliphatic carbocycles. The summed E-state index contributed by atoms with van der Waals surface area (Å²) in [5.41, 5.74) is 5.33. The average Bonchev–Trinajstić information content (AvgIpc) is 2.89. The van der Waals surface area contributed by atoms with Crippen molar-refractivity contribution in [2.45, 2.75) is 39.7 Å². The van der Waals surface area contributed by atoms with Gasteiger partial charge in [-0.05, 0) is 69.0 Å². The zero-order valence-electron chi connectivity index (χ0n) is 12.6. The van der Waals surface area contributed by atoms with E-state index in [2.05, 4.69) is 37.5 Å². The number of rotatable bonds is 5. The summed E-state index contributed by atoms with van der Waals surface area (Å²) in [7, 11) is 1.75. The predicted molar refractivity (Wildman–Crippen MR) is 80.2 cm³/mol. The third-order valence-electron chi connectivity index (χ3n) is 4.23. The molecule has 3 heteroatoms. The van der Waals surface area contributed by atoms with Crippen molar-refractivity contribution in [3.8, 4) is 5.75 Å². The standard InChI is InChI=1S/C16H26N2O/c1-11-9-14(12(2)13(3)16(11)19-4)5-8-18-15-6-7-17-10-15/h9,15,17-18H,5-8,10H2,1-4H3. The smallest absolute Gasteiger partial charge is 0.124 e. The fourth-order valence-corrected chi connectivity index (χ4v) is 2.96. The highest BCUT2D eigenvalue weighted by atomic mass is 16.5. The van der Waals surface area contributed by atoms with Gasteiger partial charge < -0.3 is 15.4 Å². The Balaban J connectivity index is 1.99. The second kappa shape index (κ2) is 6.40. The van der Waals surface area contributed by atoms with Crippen molar-refractivity contribution in [3.05, 3.63) is 28.3 Å². The van der Waals surface area contributed by atoms with Gasteiger partial charge in [0.1, 0.15) is 5.75 Å². The van der Waals surface area contributed by atoms with Gasteiger partial charge >= 0.3 is 0 Å². The van der Waals surface area contributed by atoms with Gasteiger partial charge in [0.25, 0.3) is 0 Å². The van der Waals surface area contributed by atoms with Crippen molar-refractivity contribution >= 4 is 0 Å². The predicted octanol–water partition coefficient (Wildman–Crippen LogP) is 2.11. The van der Waals surface area contributed by atoms with E-state index in [9.17, 15) is 0 Å². The largest absolute Gasteiger partial charge is 0.496 e. The van der Waals surface area contributed by atoms with E-state index in [1.807, 2.05) is 0 Å². The number of hydrogen-bond donors (Lipinski definition) is 2. The summed E-state index contributed by atoms with van der Waals surface area (Å²) < 4.78 is 5.47. The summed E-state index contributed by atoms with van der Waals surface area (Å²) in [4.78, 5) is 0. The van der Waals surface area contributed by atoms with Crippen LogP contribution in [0.25, 0.3) is 0 Å². The normalized spacial score (nSPS) is 18.8. The van der Waals surface area contributed by atoms with E-state index < -0.39 is 0 Å². The molecule has 0 spiro atoms. The number of nitrogens with one attached hydrogen (secondary N) is 2. The monoisotopic (exact) mass is 262 g/mol. The highest BCUT2D eigenvalue weighted by molar-refractivity contribution is 5.49. The van der Waals surface area contributed by atoms with Crippen molar-refractivity contribution < 1.29 is 4.74 Å². The molecule has 0 bridgehead atoms. The highest BCUT2D eigenvalue weighted by Crippen LogP contribution is 2.28. The van der Waals surface area contributed by atoms with E-state index in [0.717, 1.165) is 31.8 Å². The minimum absolute atomic E-state index is 0.653. The van der Waals surface area contributed by atoms with Gasteiger partial charge in [-0.25, -0.2) is 0 Å². The molecule has 106 valence electrons. The lowest BCUT2D eigenvalue weighted by molar-refractivity contribution is 0.408. The van der Waals surface area contributed by atoms with Gasteiger partial charge in [-0.1, -0.05) is 6.07 Å². The van der Waals surface area contributed by atoms with Gasteiger partial charge in [0.15, 0.2) is 0 Å². The van der Waals surface area contributed by atoms with Crippen LogP contribution in [0.5, 0.6) is 5.75 Å². The van der Waals surface area contributed by atoms with Crippen LogP contribution in [-0.4, -0.2) is 32.8 Å². The molecule has 2 N–H and O–H groups in total. The molecule has 2 rings (SSSR count). The summed E-state index contributed by atoms with van der Waals surface area (Å²) in [6.07, 6.45) is 2.34. The third kappa shape index (κ3) is 3.28. The van der Waals surface area contributed by atoms with Crippen LogP contribution < -0.4 is 15.4 Å². The molecule has 19 heavy (non-hydrogen) atoms. The van der Waals surface area contributed by atoms with Crippen LogP contribution in [0.3, 0.4) is 0 Å². The van der Waals surface area contributed by atoms with E-state index in [0.29, 0.717) is 6.04 Å². The molecule has 1 aliphatic rings. The number of hydrogen-bond acceptors (Lipinski definition) is 3. The summed E-state index contributed by atoms with van der Waals surface area (Å²) in [5, 5.41) is 7.02. The molecule has 1 aromatic rings. The van der Waals surface area contributed by atoms with E-state index in [1.54, 1.807) is 7.11 Å². The number of benzene rings is 1. The first-order valence-corrected chi connectivity index (χ1v) is 7.21. The van der Waals surface area contributed by atoms with Gasteiger partial charge in [0.05, 0.1) is 7.11 Å². The Hall–Kier alpha value is -1.06. The fraction of sp³-hybridized carbons (Fsp3) is 0.625. The first-order chi connectivity index (χ1) is 9.13. The van der Waals surface area contributed by atoms with Crippen molar-refractivity contribution in [2.24, 2.45) is 0 Å². The van der Waals surface area contributed by atoms with Crippen LogP contribution in [0.2, 0.25) is 0 Å². The van der Waals surface area contributed by atoms with Crippen LogP contribution in [-0.2, 0) is 6.42 Å². The maximum Gasteiger partial charge on any atom is 0.124 e. The Labute approximate surface area is 116 Å². The van der Waals surface area contributed by atoms with Gasteiger partial charge in [-0.3, -0.25) is 0 Å². The summed E-state index contributed by atoms with van der Waals surface area (Å²) in [6.45, 7) is 9.79.